The summed E-state index contributed by atoms with van der Waals surface area (Å²) in [5.41, 5.74) is 1.12. The lowest BCUT2D eigenvalue weighted by Gasteiger charge is -2.26. The van der Waals surface area contributed by atoms with Crippen LogP contribution < -0.4 is 4.74 Å². The van der Waals surface area contributed by atoms with Crippen LogP contribution in [0.3, 0.4) is 0 Å². The van der Waals surface area contributed by atoms with Gasteiger partial charge in [0.1, 0.15) is 12.4 Å². The summed E-state index contributed by atoms with van der Waals surface area (Å²) in [4.78, 5) is 6.78. The van der Waals surface area contributed by atoms with Crippen LogP contribution in [0.15, 0.2) is 18.3 Å². The third kappa shape index (κ3) is 3.88. The topological polar surface area (TPSA) is 65.3 Å². The second-order valence-corrected chi connectivity index (χ2v) is 7.34. The van der Waals surface area contributed by atoms with Crippen LogP contribution in [-0.2, 0) is 30.9 Å². The van der Waals surface area contributed by atoms with E-state index in [1.54, 1.807) is 13.3 Å². The molecular formula is C19H27N5O2. The zero-order chi connectivity index (χ0) is 17.9. The summed E-state index contributed by atoms with van der Waals surface area (Å²) >= 11 is 0. The predicted octanol–water partition coefficient (Wildman–Crippen LogP) is 2.06. The van der Waals surface area contributed by atoms with Crippen molar-refractivity contribution in [3.8, 4) is 5.88 Å². The zero-order valence-corrected chi connectivity index (χ0v) is 15.6. The Bertz CT molecular complexity index is 743. The molecule has 1 aliphatic heterocycles. The summed E-state index contributed by atoms with van der Waals surface area (Å²) in [6.07, 6.45) is 5.27. The van der Waals surface area contributed by atoms with Gasteiger partial charge in [-0.2, -0.15) is 0 Å². The van der Waals surface area contributed by atoms with E-state index >= 15 is 0 Å². The molecule has 0 unspecified atom stereocenters. The maximum Gasteiger partial charge on any atom is 0.217 e. The van der Waals surface area contributed by atoms with Crippen LogP contribution in [0.4, 0.5) is 0 Å². The Kier molecular flexibility index (Phi) is 5.17. The Morgan fingerprint density at radius 1 is 1.23 bits per heavy atom. The number of rotatable bonds is 7. The number of fused-ring (bicyclic) bond motifs is 1. The molecule has 1 atom stereocenters. The molecule has 1 aliphatic carbocycles. The van der Waals surface area contributed by atoms with E-state index < -0.39 is 0 Å². The Hall–Kier alpha value is -1.99. The standard InChI is InChI=1S/C19H27N5O2/c1-14-10-17-21-22-18(13-26-12-15-5-6-15)24(17)9-8-23(14)11-16-4-3-7-20-19(16)25-2/h3-4,7,14-15H,5-6,8-13H2,1-2H3/t14-/m0/s1. The van der Waals surface area contributed by atoms with Crippen molar-refractivity contribution in [3.05, 3.63) is 35.5 Å². The molecule has 0 aromatic carbocycles. The van der Waals surface area contributed by atoms with Crippen molar-refractivity contribution >= 4 is 0 Å². The molecule has 2 aromatic rings. The van der Waals surface area contributed by atoms with E-state index in [0.29, 0.717) is 18.5 Å². The minimum Gasteiger partial charge on any atom is -0.481 e. The van der Waals surface area contributed by atoms with Gasteiger partial charge in [0.2, 0.25) is 5.88 Å². The number of nitrogens with zero attached hydrogens (tertiary/aromatic N) is 5. The molecule has 1 saturated carbocycles. The summed E-state index contributed by atoms with van der Waals surface area (Å²) in [7, 11) is 1.67. The predicted molar refractivity (Wildman–Crippen MR) is 96.8 cm³/mol. The summed E-state index contributed by atoms with van der Waals surface area (Å²) in [5, 5.41) is 8.79. The van der Waals surface area contributed by atoms with Gasteiger partial charge in [0.15, 0.2) is 5.82 Å². The second kappa shape index (κ2) is 7.72. The molecular weight excluding hydrogens is 330 g/mol. The molecule has 2 aliphatic rings. The maximum atomic E-state index is 5.83. The van der Waals surface area contributed by atoms with Crippen molar-refractivity contribution in [2.45, 2.75) is 51.9 Å². The van der Waals surface area contributed by atoms with Crippen molar-refractivity contribution in [1.82, 2.24) is 24.6 Å². The zero-order valence-electron chi connectivity index (χ0n) is 15.6. The van der Waals surface area contributed by atoms with Crippen molar-refractivity contribution < 1.29 is 9.47 Å². The van der Waals surface area contributed by atoms with Gasteiger partial charge in [0, 0.05) is 50.5 Å². The molecule has 2 aromatic heterocycles. The highest BCUT2D eigenvalue weighted by molar-refractivity contribution is 5.25. The molecule has 1 fully saturated rings. The Balaban J connectivity index is 1.42. The monoisotopic (exact) mass is 357 g/mol. The van der Waals surface area contributed by atoms with Crippen LogP contribution in [0, 0.1) is 5.92 Å². The van der Waals surface area contributed by atoms with Crippen LogP contribution in [0.2, 0.25) is 0 Å². The molecule has 7 nitrogen and oxygen atoms in total. The minimum absolute atomic E-state index is 0.380. The SMILES string of the molecule is COc1ncccc1CN1CCn2c(COCC3CC3)nnc2C[C@@H]1C. The molecule has 4 rings (SSSR count). The fourth-order valence-corrected chi connectivity index (χ4v) is 3.51. The highest BCUT2D eigenvalue weighted by Gasteiger charge is 2.26. The first-order chi connectivity index (χ1) is 12.7. The summed E-state index contributed by atoms with van der Waals surface area (Å²) < 4.78 is 13.5. The molecule has 0 spiro atoms. The highest BCUT2D eigenvalue weighted by atomic mass is 16.5. The van der Waals surface area contributed by atoms with Crippen LogP contribution in [-0.4, -0.2) is 51.0 Å². The van der Waals surface area contributed by atoms with Crippen molar-refractivity contribution in [3.63, 3.8) is 0 Å². The first kappa shape index (κ1) is 17.4. The normalized spacial score (nSPS) is 20.6. The van der Waals surface area contributed by atoms with Gasteiger partial charge in [-0.25, -0.2) is 4.98 Å². The molecule has 0 bridgehead atoms. The average molecular weight is 357 g/mol. The number of aromatic nitrogens is 4. The molecule has 0 saturated heterocycles. The van der Waals surface area contributed by atoms with Gasteiger partial charge < -0.3 is 14.0 Å². The van der Waals surface area contributed by atoms with Crippen LogP contribution in [0.1, 0.15) is 37.0 Å². The molecule has 7 heteroatoms. The van der Waals surface area contributed by atoms with Crippen LogP contribution >= 0.6 is 0 Å². The van der Waals surface area contributed by atoms with Gasteiger partial charge in [-0.3, -0.25) is 4.90 Å². The lowest BCUT2D eigenvalue weighted by Crippen LogP contribution is -2.34. The average Bonchev–Trinajstić information content (AvgIpc) is 3.42. The van der Waals surface area contributed by atoms with E-state index in [4.69, 9.17) is 9.47 Å². The van der Waals surface area contributed by atoms with Crippen LogP contribution in [0.25, 0.3) is 0 Å². The van der Waals surface area contributed by atoms with E-state index in [2.05, 4.69) is 37.6 Å². The van der Waals surface area contributed by atoms with Gasteiger partial charge >= 0.3 is 0 Å². The number of hydrogen-bond donors (Lipinski definition) is 0. The quantitative estimate of drug-likeness (QED) is 0.756. The Labute approximate surface area is 154 Å². The van der Waals surface area contributed by atoms with Gasteiger partial charge in [-0.15, -0.1) is 10.2 Å². The van der Waals surface area contributed by atoms with Gasteiger partial charge in [0.05, 0.1) is 7.11 Å². The smallest absolute Gasteiger partial charge is 0.217 e. The molecule has 0 radical (unpaired) electrons. The van der Waals surface area contributed by atoms with E-state index in [-0.39, 0.29) is 0 Å². The van der Waals surface area contributed by atoms with Gasteiger partial charge in [-0.05, 0) is 31.7 Å². The number of ether oxygens (including phenoxy) is 2. The summed E-state index contributed by atoms with van der Waals surface area (Å²) in [6.45, 7) is 6.32. The van der Waals surface area contributed by atoms with Gasteiger partial charge in [0.25, 0.3) is 0 Å². The molecule has 26 heavy (non-hydrogen) atoms. The summed E-state index contributed by atoms with van der Waals surface area (Å²) in [6, 6.07) is 4.43. The van der Waals surface area contributed by atoms with Crippen molar-refractivity contribution in [2.75, 3.05) is 20.3 Å². The van der Waals surface area contributed by atoms with Crippen LogP contribution in [0.5, 0.6) is 5.88 Å². The first-order valence-corrected chi connectivity index (χ1v) is 9.45. The Morgan fingerprint density at radius 2 is 2.12 bits per heavy atom. The molecule has 140 valence electrons. The fourth-order valence-electron chi connectivity index (χ4n) is 3.51. The first-order valence-electron chi connectivity index (χ1n) is 9.45. The summed E-state index contributed by atoms with van der Waals surface area (Å²) in [5.74, 6) is 3.49. The van der Waals surface area contributed by atoms with E-state index in [1.165, 1.54) is 12.8 Å². The molecule has 3 heterocycles. The maximum absolute atomic E-state index is 5.83. The number of hydrogen-bond acceptors (Lipinski definition) is 6. The van der Waals surface area contributed by atoms with Crippen molar-refractivity contribution in [1.29, 1.82) is 0 Å². The number of pyridine rings is 1. The largest absolute Gasteiger partial charge is 0.481 e. The second-order valence-electron chi connectivity index (χ2n) is 7.34. The Morgan fingerprint density at radius 3 is 2.92 bits per heavy atom. The molecule has 0 amide bonds. The highest BCUT2D eigenvalue weighted by Crippen LogP contribution is 2.29. The van der Waals surface area contributed by atoms with E-state index in [0.717, 1.165) is 55.8 Å². The van der Waals surface area contributed by atoms with E-state index in [1.807, 2.05) is 6.07 Å². The minimum atomic E-state index is 0.380. The lowest BCUT2D eigenvalue weighted by atomic mass is 10.1. The van der Waals surface area contributed by atoms with Gasteiger partial charge in [-0.1, -0.05) is 6.07 Å². The van der Waals surface area contributed by atoms with Crippen molar-refractivity contribution in [2.24, 2.45) is 5.92 Å². The third-order valence-corrected chi connectivity index (χ3v) is 5.31. The van der Waals surface area contributed by atoms with E-state index in [9.17, 15) is 0 Å². The fraction of sp³-hybridized carbons (Fsp3) is 0.632. The lowest BCUT2D eigenvalue weighted by molar-refractivity contribution is 0.103. The third-order valence-electron chi connectivity index (χ3n) is 5.31. The molecule has 0 N–H and O–H groups in total. The number of methoxy groups -OCH3 is 1.